The van der Waals surface area contributed by atoms with Crippen LogP contribution >= 0.6 is 27.9 Å². The summed E-state index contributed by atoms with van der Waals surface area (Å²) in [6.07, 6.45) is 3.29. The first-order valence-corrected chi connectivity index (χ1v) is 8.04. The van der Waals surface area contributed by atoms with Gasteiger partial charge in [-0.05, 0) is 41.9 Å². The predicted molar refractivity (Wildman–Crippen MR) is 96.2 cm³/mol. The zero-order valence-corrected chi connectivity index (χ0v) is 14.6. The maximum atomic E-state index is 5.85. The molecule has 7 heteroatoms. The van der Waals surface area contributed by atoms with Crippen LogP contribution in [0, 0.1) is 6.92 Å². The number of hydrogen-bond acceptors (Lipinski definition) is 5. The van der Waals surface area contributed by atoms with E-state index in [1.807, 2.05) is 38.1 Å². The van der Waals surface area contributed by atoms with Crippen molar-refractivity contribution >= 4 is 45.1 Å². The molecule has 0 fully saturated rings. The average molecular weight is 379 g/mol. The van der Waals surface area contributed by atoms with E-state index in [-0.39, 0.29) is 0 Å². The molecule has 114 valence electrons. The maximum Gasteiger partial charge on any atom is 0.198 e. The van der Waals surface area contributed by atoms with Crippen LogP contribution < -0.4 is 10.5 Å². The van der Waals surface area contributed by atoms with Gasteiger partial charge in [0.25, 0.3) is 0 Å². The number of nitrogens with zero attached hydrogens (tertiary/aromatic N) is 3. The molecule has 2 aromatic rings. The van der Waals surface area contributed by atoms with Crippen LogP contribution in [0.4, 0.5) is 5.82 Å². The number of rotatable bonds is 4. The van der Waals surface area contributed by atoms with Crippen molar-refractivity contribution in [3.05, 3.63) is 46.6 Å². The lowest BCUT2D eigenvalue weighted by atomic mass is 10.2. The van der Waals surface area contributed by atoms with Crippen LogP contribution in [0.3, 0.4) is 0 Å². The van der Waals surface area contributed by atoms with Gasteiger partial charge in [0.1, 0.15) is 5.75 Å². The first-order chi connectivity index (χ1) is 10.6. The summed E-state index contributed by atoms with van der Waals surface area (Å²) < 4.78 is 10.6. The fourth-order valence-corrected chi connectivity index (χ4v) is 2.19. The van der Waals surface area contributed by atoms with E-state index in [4.69, 9.17) is 10.5 Å². The normalized spacial score (nSPS) is 11.9. The van der Waals surface area contributed by atoms with Gasteiger partial charge in [0.05, 0.1) is 0 Å². The standard InChI is InChI=1S/C15H15BrN4OS/c1-3-19-22-15(17)20-14-13(8-11(16)9-18-14)21-12-6-4-10(2)5-7-12/h3-9H,1-2H3,(H2,17,18,20)/b19-3+. The van der Waals surface area contributed by atoms with Crippen molar-refractivity contribution in [2.45, 2.75) is 13.8 Å². The molecule has 0 radical (unpaired) electrons. The Hall–Kier alpha value is -1.86. The molecule has 5 nitrogen and oxygen atoms in total. The topological polar surface area (TPSA) is 72.9 Å². The van der Waals surface area contributed by atoms with E-state index in [0.29, 0.717) is 22.5 Å². The van der Waals surface area contributed by atoms with Crippen LogP contribution in [0.1, 0.15) is 12.5 Å². The minimum Gasteiger partial charge on any atom is -0.453 e. The predicted octanol–water partition coefficient (Wildman–Crippen LogP) is 4.63. The quantitative estimate of drug-likeness (QED) is 0.478. The van der Waals surface area contributed by atoms with Gasteiger partial charge in [-0.2, -0.15) is 4.99 Å². The highest BCUT2D eigenvalue weighted by molar-refractivity contribution is 9.10. The summed E-state index contributed by atoms with van der Waals surface area (Å²) in [4.78, 5) is 8.47. The Bertz CT molecular complexity index is 701. The third-order valence-corrected chi connectivity index (χ3v) is 3.54. The van der Waals surface area contributed by atoms with Crippen molar-refractivity contribution in [3.63, 3.8) is 0 Å². The molecule has 0 saturated carbocycles. The lowest BCUT2D eigenvalue weighted by Crippen LogP contribution is -2.04. The van der Waals surface area contributed by atoms with Crippen LogP contribution in [0.25, 0.3) is 0 Å². The summed E-state index contributed by atoms with van der Waals surface area (Å²) in [6, 6.07) is 9.53. The summed E-state index contributed by atoms with van der Waals surface area (Å²) in [6.45, 7) is 3.83. The number of benzene rings is 1. The van der Waals surface area contributed by atoms with Gasteiger partial charge in [0.15, 0.2) is 16.7 Å². The Morgan fingerprint density at radius 1 is 1.36 bits per heavy atom. The number of pyridine rings is 1. The summed E-state index contributed by atoms with van der Waals surface area (Å²) >= 11 is 4.46. The molecule has 0 spiro atoms. The second-order valence-electron chi connectivity index (χ2n) is 4.30. The molecule has 1 heterocycles. The fraction of sp³-hybridized carbons (Fsp3) is 0.133. The molecule has 2 rings (SSSR count). The van der Waals surface area contributed by atoms with Crippen LogP contribution in [-0.4, -0.2) is 16.4 Å². The van der Waals surface area contributed by atoms with E-state index in [0.717, 1.165) is 22.0 Å². The van der Waals surface area contributed by atoms with Gasteiger partial charge < -0.3 is 10.5 Å². The van der Waals surface area contributed by atoms with Crippen LogP contribution in [0.15, 0.2) is 50.4 Å². The minimum atomic E-state index is 0.293. The van der Waals surface area contributed by atoms with E-state index >= 15 is 0 Å². The SMILES string of the molecule is C/C=N/S/C(N)=N\c1ncc(Br)cc1Oc1ccc(C)cc1. The van der Waals surface area contributed by atoms with Gasteiger partial charge in [-0.15, -0.1) is 0 Å². The van der Waals surface area contributed by atoms with Gasteiger partial charge in [0, 0.05) is 34.9 Å². The number of hydrogen-bond donors (Lipinski definition) is 1. The fourth-order valence-electron chi connectivity index (χ4n) is 1.54. The smallest absolute Gasteiger partial charge is 0.198 e. The molecule has 1 aromatic carbocycles. The highest BCUT2D eigenvalue weighted by atomic mass is 79.9. The highest BCUT2D eigenvalue weighted by Crippen LogP contribution is 2.32. The number of amidine groups is 1. The van der Waals surface area contributed by atoms with E-state index in [1.165, 1.54) is 0 Å². The van der Waals surface area contributed by atoms with Crippen molar-refractivity contribution in [1.82, 2.24) is 4.98 Å². The number of aromatic nitrogens is 1. The van der Waals surface area contributed by atoms with Crippen molar-refractivity contribution in [3.8, 4) is 11.5 Å². The first-order valence-electron chi connectivity index (χ1n) is 6.47. The Morgan fingerprint density at radius 2 is 2.09 bits per heavy atom. The molecule has 22 heavy (non-hydrogen) atoms. The molecule has 0 aliphatic heterocycles. The third kappa shape index (κ3) is 4.85. The van der Waals surface area contributed by atoms with Crippen molar-refractivity contribution in [2.75, 3.05) is 0 Å². The molecule has 0 bridgehead atoms. The second-order valence-corrected chi connectivity index (χ2v) is 6.02. The van der Waals surface area contributed by atoms with Crippen molar-refractivity contribution < 1.29 is 4.74 Å². The van der Waals surface area contributed by atoms with E-state index in [2.05, 4.69) is 30.3 Å². The molecule has 0 amide bonds. The number of halogens is 1. The van der Waals surface area contributed by atoms with Crippen LogP contribution in [0.2, 0.25) is 0 Å². The van der Waals surface area contributed by atoms with Crippen molar-refractivity contribution in [1.29, 1.82) is 0 Å². The van der Waals surface area contributed by atoms with Gasteiger partial charge in [-0.1, -0.05) is 17.7 Å². The zero-order valence-electron chi connectivity index (χ0n) is 12.2. The first kappa shape index (κ1) is 16.5. The van der Waals surface area contributed by atoms with Crippen LogP contribution in [0.5, 0.6) is 11.5 Å². The van der Waals surface area contributed by atoms with Crippen molar-refractivity contribution in [2.24, 2.45) is 15.1 Å². The number of nitrogens with two attached hydrogens (primary N) is 1. The summed E-state index contributed by atoms with van der Waals surface area (Å²) in [5, 5.41) is 0.293. The zero-order chi connectivity index (χ0) is 15.9. The Labute approximate surface area is 142 Å². The minimum absolute atomic E-state index is 0.293. The highest BCUT2D eigenvalue weighted by Gasteiger charge is 2.08. The van der Waals surface area contributed by atoms with Gasteiger partial charge in [0.2, 0.25) is 0 Å². The Balaban J connectivity index is 2.29. The van der Waals surface area contributed by atoms with E-state index in [1.54, 1.807) is 18.5 Å². The number of aliphatic imine (C=N–C) groups is 1. The van der Waals surface area contributed by atoms with Gasteiger partial charge in [-0.25, -0.2) is 9.38 Å². The second kappa shape index (κ2) is 7.95. The molecular formula is C15H15BrN4OS. The van der Waals surface area contributed by atoms with Gasteiger partial charge >= 0.3 is 0 Å². The number of aryl methyl sites for hydroxylation is 1. The lowest BCUT2D eigenvalue weighted by molar-refractivity contribution is 0.481. The molecule has 0 unspecified atom stereocenters. The maximum absolute atomic E-state index is 5.85. The summed E-state index contributed by atoms with van der Waals surface area (Å²) in [5.41, 5.74) is 6.97. The molecule has 2 N–H and O–H groups in total. The third-order valence-electron chi connectivity index (χ3n) is 2.52. The molecule has 0 saturated heterocycles. The lowest BCUT2D eigenvalue weighted by Gasteiger charge is -2.08. The van der Waals surface area contributed by atoms with E-state index in [9.17, 15) is 0 Å². The summed E-state index contributed by atoms with van der Waals surface area (Å²) in [5.74, 6) is 1.63. The average Bonchev–Trinajstić information content (AvgIpc) is 2.50. The Morgan fingerprint density at radius 3 is 2.77 bits per heavy atom. The summed E-state index contributed by atoms with van der Waals surface area (Å²) in [7, 11) is 0. The Kier molecular flexibility index (Phi) is 5.97. The monoisotopic (exact) mass is 378 g/mol. The molecule has 0 atom stereocenters. The van der Waals surface area contributed by atoms with Gasteiger partial charge in [-0.3, -0.25) is 0 Å². The molecule has 1 aromatic heterocycles. The molecular weight excluding hydrogens is 364 g/mol. The van der Waals surface area contributed by atoms with E-state index < -0.39 is 0 Å². The number of ether oxygens (including phenoxy) is 1. The largest absolute Gasteiger partial charge is 0.453 e. The van der Waals surface area contributed by atoms with Crippen LogP contribution in [-0.2, 0) is 0 Å². The molecule has 0 aliphatic rings. The molecule has 0 aliphatic carbocycles.